The van der Waals surface area contributed by atoms with E-state index in [4.69, 9.17) is 16.4 Å². The Morgan fingerprint density at radius 2 is 2.09 bits per heavy atom. The third-order valence-corrected chi connectivity index (χ3v) is 2.20. The van der Waals surface area contributed by atoms with Gasteiger partial charge in [0.2, 0.25) is 0 Å². The van der Waals surface area contributed by atoms with Gasteiger partial charge in [0.15, 0.2) is 5.03 Å². The van der Waals surface area contributed by atoms with Crippen LogP contribution in [0, 0.1) is 0 Å². The van der Waals surface area contributed by atoms with Crippen molar-refractivity contribution in [3.8, 4) is 0 Å². The molecule has 0 amide bonds. The number of aromatic nitrogens is 1. The van der Waals surface area contributed by atoms with Crippen LogP contribution in [0.2, 0.25) is 0 Å². The second-order valence-electron chi connectivity index (χ2n) is 1.84. The van der Waals surface area contributed by atoms with Gasteiger partial charge in [0.05, 0.1) is 0 Å². The fourth-order valence-electron chi connectivity index (χ4n) is 0.567. The van der Waals surface area contributed by atoms with Crippen molar-refractivity contribution in [3.63, 3.8) is 0 Å². The number of nitrogen functional groups attached to an aromatic ring is 1. The van der Waals surface area contributed by atoms with Crippen molar-refractivity contribution in [2.24, 2.45) is 0 Å². The van der Waals surface area contributed by atoms with Gasteiger partial charge in [0.1, 0.15) is 5.82 Å². The second kappa shape index (κ2) is 2.67. The highest BCUT2D eigenvalue weighted by Gasteiger charge is 2.10. The second-order valence-corrected chi connectivity index (χ2v) is 4.35. The van der Waals surface area contributed by atoms with Gasteiger partial charge in [-0.2, -0.15) is 0 Å². The molecule has 60 valence electrons. The van der Waals surface area contributed by atoms with Crippen LogP contribution >= 0.6 is 10.7 Å². The highest BCUT2D eigenvalue weighted by atomic mass is 35.7. The lowest BCUT2D eigenvalue weighted by Gasteiger charge is -1.94. The summed E-state index contributed by atoms with van der Waals surface area (Å²) >= 11 is 0. The van der Waals surface area contributed by atoms with Gasteiger partial charge < -0.3 is 5.73 Å². The van der Waals surface area contributed by atoms with Gasteiger partial charge >= 0.3 is 0 Å². The van der Waals surface area contributed by atoms with E-state index in [1.807, 2.05) is 0 Å². The topological polar surface area (TPSA) is 73.1 Å². The minimum atomic E-state index is -3.74. The Bertz CT molecular complexity index is 363. The molecule has 0 radical (unpaired) electrons. The summed E-state index contributed by atoms with van der Waals surface area (Å²) in [6.45, 7) is 0. The summed E-state index contributed by atoms with van der Waals surface area (Å²) in [6.07, 6.45) is 0. The smallest absolute Gasteiger partial charge is 0.278 e. The van der Waals surface area contributed by atoms with Crippen LogP contribution in [-0.4, -0.2) is 13.4 Å². The minimum absolute atomic E-state index is 0.131. The first-order valence-electron chi connectivity index (χ1n) is 2.67. The SMILES string of the molecule is Nc1cccc(S(=O)(=O)Cl)n1. The molecule has 0 saturated carbocycles. The van der Waals surface area contributed by atoms with Crippen LogP contribution in [-0.2, 0) is 9.05 Å². The molecule has 1 aromatic heterocycles. The van der Waals surface area contributed by atoms with E-state index in [-0.39, 0.29) is 10.8 Å². The first-order valence-corrected chi connectivity index (χ1v) is 4.98. The quantitative estimate of drug-likeness (QED) is 0.661. The Morgan fingerprint density at radius 1 is 1.45 bits per heavy atom. The number of hydrogen-bond acceptors (Lipinski definition) is 4. The number of halogens is 1. The molecular formula is C5H5ClN2O2S. The summed E-state index contributed by atoms with van der Waals surface area (Å²) in [6, 6.07) is 4.22. The molecule has 0 atom stereocenters. The normalized spacial score (nSPS) is 11.4. The van der Waals surface area contributed by atoms with Gasteiger partial charge in [-0.05, 0) is 12.1 Å². The Labute approximate surface area is 68.4 Å². The zero-order chi connectivity index (χ0) is 8.48. The Kier molecular flexibility index (Phi) is 2.01. The third-order valence-electron chi connectivity index (χ3n) is 0.995. The van der Waals surface area contributed by atoms with E-state index in [1.54, 1.807) is 0 Å². The van der Waals surface area contributed by atoms with Gasteiger partial charge in [-0.25, -0.2) is 13.4 Å². The molecule has 0 bridgehead atoms. The van der Waals surface area contributed by atoms with Gasteiger partial charge in [-0.1, -0.05) is 6.07 Å². The fourth-order valence-corrected chi connectivity index (χ4v) is 1.28. The van der Waals surface area contributed by atoms with Crippen LogP contribution < -0.4 is 5.73 Å². The molecule has 0 unspecified atom stereocenters. The van der Waals surface area contributed by atoms with Crippen LogP contribution in [0.5, 0.6) is 0 Å². The van der Waals surface area contributed by atoms with Crippen molar-refractivity contribution in [1.82, 2.24) is 4.98 Å². The number of rotatable bonds is 1. The summed E-state index contributed by atoms with van der Waals surface area (Å²) in [5.74, 6) is 0.131. The fraction of sp³-hybridized carbons (Fsp3) is 0. The molecular weight excluding hydrogens is 188 g/mol. The van der Waals surface area contributed by atoms with Crippen LogP contribution in [0.25, 0.3) is 0 Å². The highest BCUT2D eigenvalue weighted by molar-refractivity contribution is 8.13. The van der Waals surface area contributed by atoms with Crippen molar-refractivity contribution in [3.05, 3.63) is 18.2 Å². The molecule has 0 aliphatic rings. The number of hydrogen-bond donors (Lipinski definition) is 1. The number of pyridine rings is 1. The summed E-state index contributed by atoms with van der Waals surface area (Å²) < 4.78 is 21.3. The van der Waals surface area contributed by atoms with E-state index in [2.05, 4.69) is 4.98 Å². The van der Waals surface area contributed by atoms with Crippen molar-refractivity contribution < 1.29 is 8.42 Å². The lowest BCUT2D eigenvalue weighted by Crippen LogP contribution is -1.97. The van der Waals surface area contributed by atoms with E-state index >= 15 is 0 Å². The summed E-state index contributed by atoms with van der Waals surface area (Å²) in [7, 11) is 1.24. The molecule has 4 nitrogen and oxygen atoms in total. The minimum Gasteiger partial charge on any atom is -0.384 e. The van der Waals surface area contributed by atoms with Crippen molar-refractivity contribution in [2.75, 3.05) is 5.73 Å². The van der Waals surface area contributed by atoms with E-state index in [1.165, 1.54) is 18.2 Å². The molecule has 0 aliphatic heterocycles. The summed E-state index contributed by atoms with van der Waals surface area (Å²) in [5.41, 5.74) is 5.22. The molecule has 0 fully saturated rings. The lowest BCUT2D eigenvalue weighted by molar-refractivity contribution is 0.606. The highest BCUT2D eigenvalue weighted by Crippen LogP contribution is 2.12. The zero-order valence-corrected chi connectivity index (χ0v) is 6.93. The Balaban J connectivity index is 3.28. The number of nitrogens with two attached hydrogens (primary N) is 1. The zero-order valence-electron chi connectivity index (χ0n) is 5.36. The van der Waals surface area contributed by atoms with Gasteiger partial charge in [-0.15, -0.1) is 0 Å². The van der Waals surface area contributed by atoms with Crippen LogP contribution in [0.4, 0.5) is 5.82 Å². The predicted molar refractivity (Wildman–Crippen MR) is 41.7 cm³/mol. The van der Waals surface area contributed by atoms with Crippen molar-refractivity contribution in [2.45, 2.75) is 5.03 Å². The van der Waals surface area contributed by atoms with Crippen molar-refractivity contribution >= 4 is 25.6 Å². The summed E-state index contributed by atoms with van der Waals surface area (Å²) in [5, 5.41) is -0.223. The molecule has 1 rings (SSSR count). The Hall–Kier alpha value is -0.810. The maximum Gasteiger partial charge on any atom is 0.278 e. The van der Waals surface area contributed by atoms with E-state index < -0.39 is 9.05 Å². The Morgan fingerprint density at radius 3 is 2.45 bits per heavy atom. The molecule has 11 heavy (non-hydrogen) atoms. The van der Waals surface area contributed by atoms with Gasteiger partial charge in [-0.3, -0.25) is 0 Å². The first kappa shape index (κ1) is 8.29. The molecule has 6 heteroatoms. The average Bonchev–Trinajstić information content (AvgIpc) is 1.86. The third kappa shape index (κ3) is 2.06. The summed E-state index contributed by atoms with van der Waals surface area (Å²) in [4.78, 5) is 3.50. The molecule has 0 spiro atoms. The van der Waals surface area contributed by atoms with Crippen LogP contribution in [0.15, 0.2) is 23.2 Å². The maximum absolute atomic E-state index is 10.6. The number of anilines is 1. The predicted octanol–water partition coefficient (Wildman–Crippen LogP) is 0.591. The molecule has 1 heterocycles. The molecule has 0 saturated heterocycles. The van der Waals surface area contributed by atoms with Crippen LogP contribution in [0.3, 0.4) is 0 Å². The maximum atomic E-state index is 10.6. The van der Waals surface area contributed by atoms with Gasteiger partial charge in [0.25, 0.3) is 9.05 Å². The molecule has 0 aliphatic carbocycles. The standard InChI is InChI=1S/C5H5ClN2O2S/c6-11(9,10)5-3-1-2-4(7)8-5/h1-3H,(H2,7,8). The molecule has 2 N–H and O–H groups in total. The molecule has 0 aromatic carbocycles. The van der Waals surface area contributed by atoms with Crippen LogP contribution in [0.1, 0.15) is 0 Å². The monoisotopic (exact) mass is 192 g/mol. The van der Waals surface area contributed by atoms with E-state index in [0.29, 0.717) is 0 Å². The van der Waals surface area contributed by atoms with E-state index in [0.717, 1.165) is 0 Å². The average molecular weight is 193 g/mol. The van der Waals surface area contributed by atoms with E-state index in [9.17, 15) is 8.42 Å². The number of nitrogens with zero attached hydrogens (tertiary/aromatic N) is 1. The lowest BCUT2D eigenvalue weighted by atomic mass is 10.5. The largest absolute Gasteiger partial charge is 0.384 e. The first-order chi connectivity index (χ1) is 5.00. The molecule has 1 aromatic rings. The van der Waals surface area contributed by atoms with Crippen molar-refractivity contribution in [1.29, 1.82) is 0 Å². The van der Waals surface area contributed by atoms with Gasteiger partial charge in [0, 0.05) is 10.7 Å².